The van der Waals surface area contributed by atoms with E-state index in [0.717, 1.165) is 22.8 Å². The number of hydrogen-bond donors (Lipinski definition) is 0. The van der Waals surface area contributed by atoms with Crippen molar-refractivity contribution in [1.82, 2.24) is 9.91 Å². The number of fused-ring (bicyclic) bond motifs is 1. The van der Waals surface area contributed by atoms with Crippen molar-refractivity contribution in [1.29, 1.82) is 0 Å². The fourth-order valence-corrected chi connectivity index (χ4v) is 3.74. The van der Waals surface area contributed by atoms with Gasteiger partial charge in [0.2, 0.25) is 6.79 Å². The minimum absolute atomic E-state index is 0.110. The van der Waals surface area contributed by atoms with E-state index in [0.29, 0.717) is 24.5 Å². The molecule has 154 valence electrons. The zero-order valence-corrected chi connectivity index (χ0v) is 16.5. The molecule has 4 heterocycles. The summed E-state index contributed by atoms with van der Waals surface area (Å²) >= 11 is 0. The summed E-state index contributed by atoms with van der Waals surface area (Å²) in [6.45, 7) is 1.04. The second-order valence-corrected chi connectivity index (χ2v) is 7.36. The third-order valence-corrected chi connectivity index (χ3v) is 5.14. The van der Waals surface area contributed by atoms with Gasteiger partial charge in [-0.2, -0.15) is 5.10 Å². The predicted octanol–water partition coefficient (Wildman–Crippen LogP) is 3.41. The number of ether oxygens (including phenoxy) is 2. The summed E-state index contributed by atoms with van der Waals surface area (Å²) in [5.41, 5.74) is 1.77. The molecule has 5 rings (SSSR count). The Bertz CT molecular complexity index is 1060. The molecule has 8 heteroatoms. The highest BCUT2D eigenvalue weighted by Crippen LogP contribution is 2.34. The van der Waals surface area contributed by atoms with E-state index in [2.05, 4.69) is 5.10 Å². The van der Waals surface area contributed by atoms with Crippen molar-refractivity contribution < 1.29 is 23.1 Å². The van der Waals surface area contributed by atoms with Crippen molar-refractivity contribution in [3.63, 3.8) is 0 Å². The van der Waals surface area contributed by atoms with E-state index in [1.54, 1.807) is 12.5 Å². The van der Waals surface area contributed by atoms with Crippen molar-refractivity contribution in [2.45, 2.75) is 19.0 Å². The van der Waals surface area contributed by atoms with Crippen LogP contribution in [0.3, 0.4) is 0 Å². The Hall–Kier alpha value is -3.52. The normalized spacial score (nSPS) is 17.6. The average Bonchev–Trinajstić information content (AvgIpc) is 3.54. The first kappa shape index (κ1) is 18.5. The molecule has 0 spiro atoms. The van der Waals surface area contributed by atoms with Gasteiger partial charge in [0, 0.05) is 13.0 Å². The van der Waals surface area contributed by atoms with E-state index < -0.39 is 0 Å². The van der Waals surface area contributed by atoms with E-state index in [-0.39, 0.29) is 25.3 Å². The van der Waals surface area contributed by atoms with Gasteiger partial charge in [0.25, 0.3) is 5.91 Å². The highest BCUT2D eigenvalue weighted by atomic mass is 16.7. The monoisotopic (exact) mass is 407 g/mol. The molecule has 2 aromatic heterocycles. The smallest absolute Gasteiger partial charge is 0.257 e. The van der Waals surface area contributed by atoms with E-state index in [9.17, 15) is 4.79 Å². The molecule has 1 unspecified atom stereocenters. The van der Waals surface area contributed by atoms with Crippen LogP contribution in [0, 0.1) is 0 Å². The lowest BCUT2D eigenvalue weighted by Crippen LogP contribution is -2.36. The Morgan fingerprint density at radius 1 is 1.13 bits per heavy atom. The van der Waals surface area contributed by atoms with E-state index in [1.807, 2.05) is 54.4 Å². The first-order chi connectivity index (χ1) is 14.7. The fourth-order valence-electron chi connectivity index (χ4n) is 3.74. The first-order valence-electron chi connectivity index (χ1n) is 9.71. The van der Waals surface area contributed by atoms with Gasteiger partial charge in [0.05, 0.1) is 19.1 Å². The molecule has 30 heavy (non-hydrogen) atoms. The van der Waals surface area contributed by atoms with Crippen molar-refractivity contribution in [2.24, 2.45) is 5.10 Å². The van der Waals surface area contributed by atoms with Crippen LogP contribution in [0.1, 0.15) is 29.5 Å². The quantitative estimate of drug-likeness (QED) is 0.623. The Morgan fingerprint density at radius 2 is 1.97 bits per heavy atom. The molecular formula is C22H21N3O5. The molecule has 0 bridgehead atoms. The van der Waals surface area contributed by atoms with Gasteiger partial charge in [-0.15, -0.1) is 0 Å². The maximum atomic E-state index is 13.1. The van der Waals surface area contributed by atoms with Gasteiger partial charge in [-0.25, -0.2) is 5.01 Å². The van der Waals surface area contributed by atoms with Crippen LogP contribution in [-0.4, -0.2) is 41.9 Å². The highest BCUT2D eigenvalue weighted by Gasteiger charge is 2.35. The second-order valence-electron chi connectivity index (χ2n) is 7.36. The lowest BCUT2D eigenvalue weighted by Gasteiger charge is -2.23. The number of hydrogen-bond acceptors (Lipinski definition) is 7. The van der Waals surface area contributed by atoms with Gasteiger partial charge < -0.3 is 18.3 Å². The van der Waals surface area contributed by atoms with Crippen LogP contribution in [-0.2, 0) is 11.3 Å². The van der Waals surface area contributed by atoms with Gasteiger partial charge in [0.15, 0.2) is 11.5 Å². The van der Waals surface area contributed by atoms with Gasteiger partial charge in [-0.1, -0.05) is 6.07 Å². The summed E-state index contributed by atoms with van der Waals surface area (Å²) in [4.78, 5) is 15.1. The Balaban J connectivity index is 1.30. The molecule has 3 aromatic rings. The molecule has 0 radical (unpaired) electrons. The van der Waals surface area contributed by atoms with Crippen LogP contribution >= 0.6 is 0 Å². The lowest BCUT2D eigenvalue weighted by atomic mass is 10.1. The number of likely N-dealkylation sites (N-methyl/N-ethyl adjacent to an activating group) is 1. The van der Waals surface area contributed by atoms with Crippen molar-refractivity contribution in [3.8, 4) is 11.5 Å². The van der Waals surface area contributed by atoms with Crippen molar-refractivity contribution in [3.05, 3.63) is 72.1 Å². The summed E-state index contributed by atoms with van der Waals surface area (Å²) in [6.07, 6.45) is 3.75. The number of nitrogens with zero attached hydrogens (tertiary/aromatic N) is 3. The maximum absolute atomic E-state index is 13.1. The minimum atomic E-state index is -0.286. The number of benzene rings is 1. The molecule has 0 saturated heterocycles. The SMILES string of the molecule is CN(CC(=O)N1N=C(c2ccco2)CC1c1ccco1)Cc1ccc2c(c1)OCO2. The maximum Gasteiger partial charge on any atom is 0.257 e. The fraction of sp³-hybridized carbons (Fsp3) is 0.273. The molecule has 0 aliphatic carbocycles. The van der Waals surface area contributed by atoms with Gasteiger partial charge in [0.1, 0.15) is 23.3 Å². The summed E-state index contributed by atoms with van der Waals surface area (Å²) < 4.78 is 21.8. The minimum Gasteiger partial charge on any atom is -0.467 e. The molecule has 1 amide bonds. The summed E-state index contributed by atoms with van der Waals surface area (Å²) in [5, 5.41) is 6.07. The zero-order valence-electron chi connectivity index (χ0n) is 16.5. The first-order valence-corrected chi connectivity index (χ1v) is 9.71. The molecule has 0 fully saturated rings. The predicted molar refractivity (Wildman–Crippen MR) is 107 cm³/mol. The largest absolute Gasteiger partial charge is 0.467 e. The van der Waals surface area contributed by atoms with E-state index in [4.69, 9.17) is 18.3 Å². The zero-order chi connectivity index (χ0) is 20.5. The van der Waals surface area contributed by atoms with Crippen molar-refractivity contribution in [2.75, 3.05) is 20.4 Å². The molecule has 0 saturated carbocycles. The summed E-state index contributed by atoms with van der Waals surface area (Å²) in [7, 11) is 1.90. The molecular weight excluding hydrogens is 386 g/mol. The standard InChI is InChI=1S/C22H21N3O5/c1-24(12-15-6-7-20-21(10-15)30-14-29-20)13-22(26)25-17(19-5-3-9-28-19)11-16(23-25)18-4-2-8-27-18/h2-10,17H,11-14H2,1H3. The molecule has 8 nitrogen and oxygen atoms in total. The Kier molecular flexibility index (Phi) is 4.76. The van der Waals surface area contributed by atoms with Crippen molar-refractivity contribution >= 4 is 11.6 Å². The second kappa shape index (κ2) is 7.72. The molecule has 0 N–H and O–H groups in total. The third-order valence-electron chi connectivity index (χ3n) is 5.14. The molecule has 2 aliphatic heterocycles. The number of carbonyl (C=O) groups is 1. The number of carbonyl (C=O) groups excluding carboxylic acids is 1. The lowest BCUT2D eigenvalue weighted by molar-refractivity contribution is -0.134. The number of furan rings is 2. The third kappa shape index (κ3) is 3.57. The van der Waals surface area contributed by atoms with E-state index in [1.165, 1.54) is 5.01 Å². The Labute approximate surface area is 173 Å². The Morgan fingerprint density at radius 3 is 2.77 bits per heavy atom. The number of rotatable bonds is 6. The summed E-state index contributed by atoms with van der Waals surface area (Å²) in [6, 6.07) is 12.9. The van der Waals surface area contributed by atoms with Crippen LogP contribution in [0.2, 0.25) is 0 Å². The number of amides is 1. The average molecular weight is 407 g/mol. The van der Waals surface area contributed by atoms with Gasteiger partial charge in [-0.3, -0.25) is 9.69 Å². The van der Waals surface area contributed by atoms with Gasteiger partial charge in [-0.05, 0) is 49.0 Å². The van der Waals surface area contributed by atoms with Gasteiger partial charge >= 0.3 is 0 Å². The van der Waals surface area contributed by atoms with Crippen LogP contribution < -0.4 is 9.47 Å². The summed E-state index contributed by atoms with van der Waals surface area (Å²) in [5.74, 6) is 2.73. The highest BCUT2D eigenvalue weighted by molar-refractivity contribution is 6.01. The van der Waals surface area contributed by atoms with Crippen LogP contribution in [0.25, 0.3) is 0 Å². The molecule has 1 aromatic carbocycles. The molecule has 1 atom stereocenters. The topological polar surface area (TPSA) is 80.7 Å². The van der Waals surface area contributed by atoms with Crippen LogP contribution in [0.15, 0.2) is 68.9 Å². The van der Waals surface area contributed by atoms with Crippen LogP contribution in [0.5, 0.6) is 11.5 Å². The van der Waals surface area contributed by atoms with E-state index >= 15 is 0 Å². The van der Waals surface area contributed by atoms with Crippen LogP contribution in [0.4, 0.5) is 0 Å². The molecule has 2 aliphatic rings. The number of hydrazone groups is 1.